The maximum Gasteiger partial charge on any atom is 0.129 e. The maximum absolute atomic E-state index is 4.48. The maximum atomic E-state index is 4.48. The molecule has 0 aliphatic carbocycles. The number of thiazole rings is 1. The quantitative estimate of drug-likeness (QED) is 0.695. The van der Waals surface area contributed by atoms with Gasteiger partial charge in [0.25, 0.3) is 0 Å². The first-order valence-corrected chi connectivity index (χ1v) is 9.49. The molecule has 4 rings (SSSR count). The summed E-state index contributed by atoms with van der Waals surface area (Å²) in [4.78, 5) is 7.74. The Morgan fingerprint density at radius 2 is 1.96 bits per heavy atom. The first-order valence-electron chi connectivity index (χ1n) is 8.61. The van der Waals surface area contributed by atoms with Gasteiger partial charge in [-0.15, -0.1) is 16.4 Å². The van der Waals surface area contributed by atoms with Crippen LogP contribution in [0.5, 0.6) is 0 Å². The highest BCUT2D eigenvalue weighted by atomic mass is 32.1. The minimum absolute atomic E-state index is 0.0169. The lowest BCUT2D eigenvalue weighted by Crippen LogP contribution is -2.14. The molecular formula is C20H21N5S. The highest BCUT2D eigenvalue weighted by Gasteiger charge is 2.23. The van der Waals surface area contributed by atoms with Crippen LogP contribution in [0.25, 0.3) is 5.70 Å². The van der Waals surface area contributed by atoms with E-state index in [1.165, 1.54) is 16.0 Å². The highest BCUT2D eigenvalue weighted by molar-refractivity contribution is 7.09. The smallest absolute Gasteiger partial charge is 0.129 e. The molecule has 1 aromatic carbocycles. The summed E-state index contributed by atoms with van der Waals surface area (Å²) in [5.74, 6) is 0. The SMILES string of the molecule is CC1=CN(C)C(c2cn(C(c3ccccc3)c3scnc3C)nn2)=CC1. The Kier molecular flexibility index (Phi) is 4.42. The minimum Gasteiger partial charge on any atom is -0.350 e. The molecule has 132 valence electrons. The van der Waals surface area contributed by atoms with Crippen molar-refractivity contribution >= 4 is 17.0 Å². The van der Waals surface area contributed by atoms with Crippen LogP contribution in [0.3, 0.4) is 0 Å². The summed E-state index contributed by atoms with van der Waals surface area (Å²) in [7, 11) is 2.05. The molecule has 0 radical (unpaired) electrons. The van der Waals surface area contributed by atoms with Crippen LogP contribution in [0.15, 0.2) is 59.9 Å². The third-order valence-corrected chi connectivity index (χ3v) is 5.58. The molecule has 3 aromatic rings. The normalized spacial score (nSPS) is 15.6. The Hall–Kier alpha value is -2.73. The largest absolute Gasteiger partial charge is 0.350 e. The van der Waals surface area contributed by atoms with E-state index in [0.717, 1.165) is 23.5 Å². The number of aromatic nitrogens is 4. The lowest BCUT2D eigenvalue weighted by molar-refractivity contribution is 0.575. The summed E-state index contributed by atoms with van der Waals surface area (Å²) in [5.41, 5.74) is 7.43. The molecule has 0 amide bonds. The van der Waals surface area contributed by atoms with Gasteiger partial charge in [0.1, 0.15) is 11.7 Å². The average molecular weight is 363 g/mol. The molecule has 2 aromatic heterocycles. The van der Waals surface area contributed by atoms with E-state index in [4.69, 9.17) is 0 Å². The Morgan fingerprint density at radius 1 is 1.15 bits per heavy atom. The van der Waals surface area contributed by atoms with E-state index in [1.54, 1.807) is 11.3 Å². The first kappa shape index (κ1) is 16.7. The Labute approximate surface area is 157 Å². The topological polar surface area (TPSA) is 46.8 Å². The van der Waals surface area contributed by atoms with Crippen molar-refractivity contribution in [2.24, 2.45) is 0 Å². The van der Waals surface area contributed by atoms with Gasteiger partial charge in [-0.2, -0.15) is 0 Å². The van der Waals surface area contributed by atoms with Crippen LogP contribution in [0, 0.1) is 6.92 Å². The molecule has 1 unspecified atom stereocenters. The monoisotopic (exact) mass is 363 g/mol. The molecule has 1 atom stereocenters. The molecule has 6 heteroatoms. The summed E-state index contributed by atoms with van der Waals surface area (Å²) in [6.07, 6.45) is 7.34. The van der Waals surface area contributed by atoms with Crippen LogP contribution in [0.4, 0.5) is 0 Å². The summed E-state index contributed by atoms with van der Waals surface area (Å²) in [6.45, 7) is 4.18. The molecule has 1 aliphatic rings. The summed E-state index contributed by atoms with van der Waals surface area (Å²) < 4.78 is 1.95. The molecule has 0 saturated carbocycles. The number of benzene rings is 1. The van der Waals surface area contributed by atoms with E-state index in [1.807, 2.05) is 29.4 Å². The molecule has 26 heavy (non-hydrogen) atoms. The van der Waals surface area contributed by atoms with Gasteiger partial charge in [-0.25, -0.2) is 9.67 Å². The van der Waals surface area contributed by atoms with E-state index < -0.39 is 0 Å². The van der Waals surface area contributed by atoms with Crippen LogP contribution in [-0.4, -0.2) is 31.9 Å². The summed E-state index contributed by atoms with van der Waals surface area (Å²) in [5, 5.41) is 8.94. The molecule has 1 aliphatic heterocycles. The van der Waals surface area contributed by atoms with Crippen molar-refractivity contribution in [1.82, 2.24) is 24.9 Å². The number of nitrogens with zero attached hydrogens (tertiary/aromatic N) is 5. The lowest BCUT2D eigenvalue weighted by Gasteiger charge is -2.22. The Balaban J connectivity index is 1.75. The number of allylic oxidation sites excluding steroid dienone is 2. The molecule has 3 heterocycles. The zero-order valence-corrected chi connectivity index (χ0v) is 15.9. The van der Waals surface area contributed by atoms with Gasteiger partial charge in [0.05, 0.1) is 28.0 Å². The fourth-order valence-corrected chi connectivity index (χ4v) is 4.21. The standard InChI is InChI=1S/C20H21N5S/c1-14-9-10-18(24(3)11-14)17-12-25(23-22-17)19(16-7-5-4-6-8-16)20-15(2)21-13-26-20/h4-8,10-13,19H,9H2,1-3H3. The molecule has 0 saturated heterocycles. The zero-order valence-electron chi connectivity index (χ0n) is 15.1. The predicted molar refractivity (Wildman–Crippen MR) is 105 cm³/mol. The fourth-order valence-electron chi connectivity index (χ4n) is 3.29. The van der Waals surface area contributed by atoms with E-state index in [2.05, 4.69) is 70.7 Å². The van der Waals surface area contributed by atoms with Crippen LogP contribution in [0.2, 0.25) is 0 Å². The van der Waals surface area contributed by atoms with Crippen molar-refractivity contribution in [3.8, 4) is 0 Å². The van der Waals surface area contributed by atoms with Gasteiger partial charge in [0.15, 0.2) is 0 Å². The average Bonchev–Trinajstić information content (AvgIpc) is 3.27. The molecule has 5 nitrogen and oxygen atoms in total. The van der Waals surface area contributed by atoms with Crippen molar-refractivity contribution in [3.05, 3.63) is 81.7 Å². The van der Waals surface area contributed by atoms with Gasteiger partial charge in [-0.3, -0.25) is 0 Å². The van der Waals surface area contributed by atoms with Gasteiger partial charge in [0.2, 0.25) is 0 Å². The van der Waals surface area contributed by atoms with Crippen molar-refractivity contribution in [3.63, 3.8) is 0 Å². The minimum atomic E-state index is -0.0169. The molecule has 0 fully saturated rings. The van der Waals surface area contributed by atoms with Crippen LogP contribution in [-0.2, 0) is 0 Å². The summed E-state index contributed by atoms with van der Waals surface area (Å²) >= 11 is 1.66. The van der Waals surface area contributed by atoms with Crippen LogP contribution in [0.1, 0.15) is 41.2 Å². The van der Waals surface area contributed by atoms with E-state index in [-0.39, 0.29) is 6.04 Å². The van der Waals surface area contributed by atoms with E-state index >= 15 is 0 Å². The number of rotatable bonds is 4. The second kappa shape index (κ2) is 6.88. The molecule has 0 N–H and O–H groups in total. The van der Waals surface area contributed by atoms with Gasteiger partial charge in [-0.05, 0) is 25.8 Å². The third kappa shape index (κ3) is 3.08. The fraction of sp³-hybridized carbons (Fsp3) is 0.250. The van der Waals surface area contributed by atoms with Crippen LogP contribution < -0.4 is 0 Å². The number of hydrogen-bond acceptors (Lipinski definition) is 5. The second-order valence-electron chi connectivity index (χ2n) is 6.58. The Morgan fingerprint density at radius 3 is 2.65 bits per heavy atom. The summed E-state index contributed by atoms with van der Waals surface area (Å²) in [6, 6.07) is 10.4. The van der Waals surface area contributed by atoms with Gasteiger partial charge in [0, 0.05) is 13.2 Å². The molecular weight excluding hydrogens is 342 g/mol. The number of hydrogen-bond donors (Lipinski definition) is 0. The predicted octanol–water partition coefficient (Wildman–Crippen LogP) is 4.26. The van der Waals surface area contributed by atoms with Crippen molar-refractivity contribution in [1.29, 1.82) is 0 Å². The van der Waals surface area contributed by atoms with Crippen LogP contribution >= 0.6 is 11.3 Å². The van der Waals surface area contributed by atoms with E-state index in [0.29, 0.717) is 0 Å². The van der Waals surface area contributed by atoms with Crippen molar-refractivity contribution in [2.45, 2.75) is 26.3 Å². The van der Waals surface area contributed by atoms with Gasteiger partial charge >= 0.3 is 0 Å². The first-order chi connectivity index (χ1) is 12.6. The highest BCUT2D eigenvalue weighted by Crippen LogP contribution is 2.32. The van der Waals surface area contributed by atoms with Gasteiger partial charge in [-0.1, -0.05) is 47.2 Å². The Bertz CT molecular complexity index is 967. The molecule has 0 spiro atoms. The van der Waals surface area contributed by atoms with Crippen molar-refractivity contribution in [2.75, 3.05) is 7.05 Å². The number of aryl methyl sites for hydroxylation is 1. The second-order valence-corrected chi connectivity index (χ2v) is 7.47. The zero-order chi connectivity index (χ0) is 18.1. The third-order valence-electron chi connectivity index (χ3n) is 4.59. The lowest BCUT2D eigenvalue weighted by atomic mass is 10.0. The van der Waals surface area contributed by atoms with Crippen molar-refractivity contribution < 1.29 is 0 Å². The van der Waals surface area contributed by atoms with E-state index in [9.17, 15) is 0 Å². The van der Waals surface area contributed by atoms with Gasteiger partial charge < -0.3 is 4.90 Å². The molecule has 0 bridgehead atoms.